The van der Waals surface area contributed by atoms with E-state index in [4.69, 9.17) is 11.6 Å². The Labute approximate surface area is 130 Å². The largest absolute Gasteiger partial charge is 0.293 e. The van der Waals surface area contributed by atoms with E-state index in [2.05, 4.69) is 46.1 Å². The van der Waals surface area contributed by atoms with Crippen LogP contribution in [0.15, 0.2) is 30.6 Å². The van der Waals surface area contributed by atoms with Crippen molar-refractivity contribution in [3.05, 3.63) is 47.0 Å². The first-order valence-electron chi connectivity index (χ1n) is 7.48. The van der Waals surface area contributed by atoms with Crippen LogP contribution >= 0.6 is 11.6 Å². The molecule has 3 rings (SSSR count). The summed E-state index contributed by atoms with van der Waals surface area (Å²) in [6.45, 7) is 6.65. The van der Waals surface area contributed by atoms with Crippen molar-refractivity contribution in [2.45, 2.75) is 38.1 Å². The summed E-state index contributed by atoms with van der Waals surface area (Å²) >= 11 is 6.00. The summed E-state index contributed by atoms with van der Waals surface area (Å²) in [5, 5.41) is 7.81. The van der Waals surface area contributed by atoms with Crippen LogP contribution < -0.4 is 0 Å². The predicted molar refractivity (Wildman–Crippen MR) is 84.4 cm³/mol. The highest BCUT2D eigenvalue weighted by Gasteiger charge is 2.38. The third-order valence-corrected chi connectivity index (χ3v) is 4.87. The molecule has 1 aliphatic heterocycles. The normalized spacial score (nSPS) is 24.3. The van der Waals surface area contributed by atoms with Crippen molar-refractivity contribution >= 4 is 11.6 Å². The molecule has 5 heteroatoms. The van der Waals surface area contributed by atoms with Crippen LogP contribution in [0.4, 0.5) is 0 Å². The van der Waals surface area contributed by atoms with Gasteiger partial charge in [-0.15, -0.1) is 0 Å². The number of likely N-dealkylation sites (tertiary alicyclic amines) is 1. The van der Waals surface area contributed by atoms with Gasteiger partial charge in [0.15, 0.2) is 0 Å². The van der Waals surface area contributed by atoms with Crippen molar-refractivity contribution in [2.75, 3.05) is 13.1 Å². The summed E-state index contributed by atoms with van der Waals surface area (Å²) in [6, 6.07) is 8.60. The van der Waals surface area contributed by atoms with Gasteiger partial charge in [0.1, 0.15) is 12.2 Å². The maximum absolute atomic E-state index is 6.00. The number of hydrogen-bond acceptors (Lipinski definition) is 3. The summed E-state index contributed by atoms with van der Waals surface area (Å²) in [5.41, 5.74) is 1.54. The molecule has 1 aromatic heterocycles. The monoisotopic (exact) mass is 304 g/mol. The Morgan fingerprint density at radius 2 is 2.14 bits per heavy atom. The maximum Gasteiger partial charge on any atom is 0.141 e. The maximum atomic E-state index is 6.00. The van der Waals surface area contributed by atoms with Gasteiger partial charge in [-0.1, -0.05) is 37.6 Å². The molecule has 0 amide bonds. The molecule has 2 heterocycles. The molecule has 1 fully saturated rings. The van der Waals surface area contributed by atoms with Crippen molar-refractivity contribution in [3.63, 3.8) is 0 Å². The Kier molecular flexibility index (Phi) is 4.00. The van der Waals surface area contributed by atoms with Crippen molar-refractivity contribution in [2.24, 2.45) is 0 Å². The molecule has 1 saturated heterocycles. The first-order chi connectivity index (χ1) is 10.1. The van der Waals surface area contributed by atoms with Gasteiger partial charge >= 0.3 is 0 Å². The summed E-state index contributed by atoms with van der Waals surface area (Å²) in [4.78, 5) is 6.85. The van der Waals surface area contributed by atoms with Crippen LogP contribution in [0, 0.1) is 0 Å². The molecule has 0 saturated carbocycles. The number of nitrogens with one attached hydrogen (secondary N) is 1. The summed E-state index contributed by atoms with van der Waals surface area (Å²) in [7, 11) is 0. The van der Waals surface area contributed by atoms with Crippen LogP contribution in [-0.2, 0) is 5.41 Å². The average molecular weight is 305 g/mol. The fraction of sp³-hybridized carbons (Fsp3) is 0.500. The summed E-state index contributed by atoms with van der Waals surface area (Å²) in [6.07, 6.45) is 3.78. The van der Waals surface area contributed by atoms with Gasteiger partial charge in [-0.3, -0.25) is 10.00 Å². The first-order valence-corrected chi connectivity index (χ1v) is 7.85. The van der Waals surface area contributed by atoms with Crippen molar-refractivity contribution in [3.8, 4) is 0 Å². The lowest BCUT2D eigenvalue weighted by molar-refractivity contribution is 0.217. The van der Waals surface area contributed by atoms with Crippen LogP contribution in [-0.4, -0.2) is 33.2 Å². The lowest BCUT2D eigenvalue weighted by Gasteiger charge is -2.29. The third-order valence-electron chi connectivity index (χ3n) is 4.62. The minimum atomic E-state index is 0.179. The van der Waals surface area contributed by atoms with E-state index in [-0.39, 0.29) is 5.41 Å². The number of halogens is 1. The van der Waals surface area contributed by atoms with E-state index in [0.717, 1.165) is 36.8 Å². The zero-order valence-corrected chi connectivity index (χ0v) is 13.3. The Balaban J connectivity index is 1.79. The lowest BCUT2D eigenvalue weighted by Crippen LogP contribution is -2.31. The summed E-state index contributed by atoms with van der Waals surface area (Å²) < 4.78 is 0. The van der Waals surface area contributed by atoms with E-state index in [0.29, 0.717) is 6.04 Å². The zero-order valence-electron chi connectivity index (χ0n) is 12.5. The Morgan fingerprint density at radius 3 is 2.76 bits per heavy atom. The lowest BCUT2D eigenvalue weighted by atomic mass is 9.82. The predicted octanol–water partition coefficient (Wildman–Crippen LogP) is 3.57. The van der Waals surface area contributed by atoms with Crippen LogP contribution in [0.1, 0.15) is 44.1 Å². The highest BCUT2D eigenvalue weighted by atomic mass is 35.5. The van der Waals surface area contributed by atoms with Gasteiger partial charge in [0.2, 0.25) is 0 Å². The molecule has 2 unspecified atom stereocenters. The second-order valence-corrected chi connectivity index (χ2v) is 6.52. The van der Waals surface area contributed by atoms with E-state index in [1.807, 2.05) is 12.1 Å². The molecule has 0 radical (unpaired) electrons. The number of aromatic amines is 1. The number of aromatic nitrogens is 3. The molecule has 0 aliphatic carbocycles. The minimum absolute atomic E-state index is 0.179. The zero-order chi connectivity index (χ0) is 14.9. The molecule has 2 atom stereocenters. The van der Waals surface area contributed by atoms with Crippen molar-refractivity contribution in [1.29, 1.82) is 0 Å². The third kappa shape index (κ3) is 2.83. The minimum Gasteiger partial charge on any atom is -0.293 e. The van der Waals surface area contributed by atoms with Gasteiger partial charge in [0, 0.05) is 17.0 Å². The molecule has 2 aromatic rings. The Hall–Kier alpha value is -1.39. The van der Waals surface area contributed by atoms with Crippen LogP contribution in [0.2, 0.25) is 5.02 Å². The van der Waals surface area contributed by atoms with Crippen LogP contribution in [0.3, 0.4) is 0 Å². The molecule has 1 aromatic carbocycles. The highest BCUT2D eigenvalue weighted by Crippen LogP contribution is 2.38. The number of benzene rings is 1. The molecule has 1 N–H and O–H groups in total. The standard InChI is InChI=1S/C16H21ClN4/c1-3-14(15-18-11-19-20-15)21-9-8-16(2,10-21)12-4-6-13(17)7-5-12/h4-7,11,14H,3,8-10H2,1-2H3,(H,18,19,20). The molecule has 0 bridgehead atoms. The number of H-pyrrole nitrogens is 1. The highest BCUT2D eigenvalue weighted by molar-refractivity contribution is 6.30. The number of rotatable bonds is 4. The molecule has 1 aliphatic rings. The SMILES string of the molecule is CCC(c1ncn[nH]1)N1CCC(C)(c2ccc(Cl)cc2)C1. The first kappa shape index (κ1) is 14.5. The second-order valence-electron chi connectivity index (χ2n) is 6.08. The average Bonchev–Trinajstić information content (AvgIpc) is 3.12. The van der Waals surface area contributed by atoms with E-state index in [1.54, 1.807) is 6.33 Å². The van der Waals surface area contributed by atoms with Crippen LogP contribution in [0.5, 0.6) is 0 Å². The second kappa shape index (κ2) is 5.78. The molecule has 0 spiro atoms. The van der Waals surface area contributed by atoms with Gasteiger partial charge < -0.3 is 0 Å². The fourth-order valence-corrected chi connectivity index (χ4v) is 3.48. The van der Waals surface area contributed by atoms with E-state index in [1.165, 1.54) is 5.56 Å². The quantitative estimate of drug-likeness (QED) is 0.939. The number of hydrogen-bond donors (Lipinski definition) is 1. The van der Waals surface area contributed by atoms with Gasteiger partial charge in [0.05, 0.1) is 6.04 Å². The van der Waals surface area contributed by atoms with Crippen molar-refractivity contribution in [1.82, 2.24) is 20.1 Å². The molecular weight excluding hydrogens is 284 g/mol. The van der Waals surface area contributed by atoms with E-state index < -0.39 is 0 Å². The molecule has 4 nitrogen and oxygen atoms in total. The van der Waals surface area contributed by atoms with E-state index in [9.17, 15) is 0 Å². The number of nitrogens with zero attached hydrogens (tertiary/aromatic N) is 3. The Bertz CT molecular complexity index is 581. The topological polar surface area (TPSA) is 44.8 Å². The summed E-state index contributed by atoms with van der Waals surface area (Å²) in [5.74, 6) is 0.970. The van der Waals surface area contributed by atoms with Crippen LogP contribution in [0.25, 0.3) is 0 Å². The Morgan fingerprint density at radius 1 is 1.38 bits per heavy atom. The fourth-order valence-electron chi connectivity index (χ4n) is 3.35. The smallest absolute Gasteiger partial charge is 0.141 e. The van der Waals surface area contributed by atoms with E-state index >= 15 is 0 Å². The van der Waals surface area contributed by atoms with Crippen molar-refractivity contribution < 1.29 is 0 Å². The van der Waals surface area contributed by atoms with Gasteiger partial charge in [0.25, 0.3) is 0 Å². The molecule has 112 valence electrons. The van der Waals surface area contributed by atoms with Gasteiger partial charge in [-0.2, -0.15) is 5.10 Å². The molecular formula is C16H21ClN4. The van der Waals surface area contributed by atoms with Gasteiger partial charge in [-0.05, 0) is 37.1 Å². The molecule has 21 heavy (non-hydrogen) atoms. The van der Waals surface area contributed by atoms with Gasteiger partial charge in [-0.25, -0.2) is 4.98 Å².